The normalized spacial score (nSPS) is 12.3. The summed E-state index contributed by atoms with van der Waals surface area (Å²) < 4.78 is 15.2. The van der Waals surface area contributed by atoms with Gasteiger partial charge in [-0.05, 0) is 114 Å². The van der Waals surface area contributed by atoms with Gasteiger partial charge in [-0.2, -0.15) is 0 Å². The van der Waals surface area contributed by atoms with Crippen LogP contribution < -0.4 is 0 Å². The molecule has 0 bridgehead atoms. The van der Waals surface area contributed by atoms with Crippen LogP contribution in [0.5, 0.6) is 0 Å². The zero-order chi connectivity index (χ0) is 57.3. The lowest BCUT2D eigenvalue weighted by atomic mass is 9.99. The zero-order valence-electron chi connectivity index (χ0n) is 46.9. The van der Waals surface area contributed by atoms with Gasteiger partial charge in [-0.15, -0.1) is 34.0 Å². The first-order valence-corrected chi connectivity index (χ1v) is 32.2. The predicted octanol–water partition coefficient (Wildman–Crippen LogP) is 23.0. The van der Waals surface area contributed by atoms with E-state index in [1.54, 1.807) is 0 Å². The Hall–Kier alpha value is -10.7. The van der Waals surface area contributed by atoms with Crippen molar-refractivity contribution in [2.75, 3.05) is 0 Å². The zero-order valence-corrected chi connectivity index (χ0v) is 49.4. The number of para-hydroxylation sites is 3. The number of nitrogens with zero attached hydrogens (tertiary/aromatic N) is 5. The van der Waals surface area contributed by atoms with E-state index in [2.05, 4.69) is 287 Å². The molecule has 20 rings (SSSR count). The number of rotatable bonds is 6. The van der Waals surface area contributed by atoms with Crippen molar-refractivity contribution in [3.63, 3.8) is 0 Å². The van der Waals surface area contributed by atoms with Crippen molar-refractivity contribution in [1.29, 1.82) is 0 Å². The van der Waals surface area contributed by atoms with Crippen LogP contribution in [0.15, 0.2) is 273 Å². The first kappa shape index (κ1) is 48.5. The molecule has 88 heavy (non-hydrogen) atoms. The standard InChI is InChI=1S/C80H45N5S3/c1-7-28-64-53(22-1)56-35-39-70-73(59-25-4-10-31-67(59)86-70)77(56)83(64)50-19-13-16-46(42-50)47-34-38-63-62(45-47)76(48-17-14-20-51(43-48)84-65-29-8-2-23-54(65)57-36-40-71-74(78(57)84)60-26-5-11-32-68(60)87-71)82-80(81-63)49-18-15-21-52(44-49)85-66-30-9-3-24-55(66)58-37-41-72-75(79(58)85)61-27-6-12-33-69(61)88-72/h1-45H. The maximum atomic E-state index is 5.78. The maximum Gasteiger partial charge on any atom is 0.160 e. The van der Waals surface area contributed by atoms with Gasteiger partial charge in [0.1, 0.15) is 0 Å². The third kappa shape index (κ3) is 6.90. The molecular weight excluding hydrogens is 1130 g/mol. The van der Waals surface area contributed by atoms with Crippen LogP contribution in [0.4, 0.5) is 0 Å². The Labute approximate surface area is 514 Å². The second kappa shape index (κ2) is 18.4. The number of aromatic nitrogens is 5. The molecule has 5 nitrogen and oxygen atoms in total. The molecule has 0 spiro atoms. The van der Waals surface area contributed by atoms with Gasteiger partial charge in [0.25, 0.3) is 0 Å². The SMILES string of the molecule is c1cc(-c2ccc3nc(-c4cccc(-n5c6ccccc6c6ccc7sc8ccccc8c7c65)c4)nc(-c4cccc(-n5c6ccccc6c6ccc7sc8ccccc8c7c65)c4)c3c2)cc(-n2c3ccccc3c3ccc4sc5ccccc5c4c32)c1. The van der Waals surface area contributed by atoms with Crippen LogP contribution in [0.3, 0.4) is 0 Å². The summed E-state index contributed by atoms with van der Waals surface area (Å²) >= 11 is 5.59. The molecule has 7 heterocycles. The number of fused-ring (bicyclic) bond motifs is 22. The molecule has 0 atom stereocenters. The molecule has 0 unspecified atom stereocenters. The molecule has 408 valence electrons. The molecule has 0 aliphatic carbocycles. The summed E-state index contributed by atoms with van der Waals surface area (Å²) in [4.78, 5) is 11.3. The summed E-state index contributed by atoms with van der Waals surface area (Å²) in [7, 11) is 0. The molecule has 0 saturated carbocycles. The lowest BCUT2D eigenvalue weighted by Crippen LogP contribution is -1.99. The Morgan fingerprint density at radius 1 is 0.239 bits per heavy atom. The maximum absolute atomic E-state index is 5.78. The Morgan fingerprint density at radius 3 is 1.08 bits per heavy atom. The number of thiophene rings is 3. The van der Waals surface area contributed by atoms with Gasteiger partial charge in [-0.25, -0.2) is 9.97 Å². The molecule has 20 aromatic rings. The van der Waals surface area contributed by atoms with Crippen LogP contribution in [0.25, 0.3) is 188 Å². The Bertz CT molecular complexity index is 6400. The average Bonchev–Trinajstić information content (AvgIpc) is 1.69. The van der Waals surface area contributed by atoms with Crippen LogP contribution in [0.2, 0.25) is 0 Å². The molecule has 0 saturated heterocycles. The van der Waals surface area contributed by atoms with E-state index >= 15 is 0 Å². The Kier molecular flexibility index (Phi) is 10.1. The topological polar surface area (TPSA) is 40.6 Å². The van der Waals surface area contributed by atoms with Gasteiger partial charge in [0, 0.05) is 126 Å². The van der Waals surface area contributed by atoms with Gasteiger partial charge < -0.3 is 13.7 Å². The molecule has 8 heteroatoms. The largest absolute Gasteiger partial charge is 0.309 e. The quantitative estimate of drug-likeness (QED) is 0.166. The van der Waals surface area contributed by atoms with Crippen molar-refractivity contribution in [1.82, 2.24) is 23.7 Å². The second-order valence-electron chi connectivity index (χ2n) is 23.1. The summed E-state index contributed by atoms with van der Waals surface area (Å²) in [6, 6.07) is 101. The first-order valence-electron chi connectivity index (χ1n) is 29.8. The van der Waals surface area contributed by atoms with E-state index in [0.29, 0.717) is 5.82 Å². The van der Waals surface area contributed by atoms with E-state index in [1.807, 2.05) is 34.0 Å². The molecule has 7 aromatic heterocycles. The fraction of sp³-hybridized carbons (Fsp3) is 0. The molecule has 13 aromatic carbocycles. The summed E-state index contributed by atoms with van der Waals surface area (Å²) in [6.45, 7) is 0. The van der Waals surface area contributed by atoms with Gasteiger partial charge in [0.15, 0.2) is 5.82 Å². The van der Waals surface area contributed by atoms with Crippen molar-refractivity contribution in [2.24, 2.45) is 0 Å². The molecule has 0 amide bonds. The van der Waals surface area contributed by atoms with Crippen molar-refractivity contribution in [3.8, 4) is 50.8 Å². The summed E-state index contributed by atoms with van der Waals surface area (Å²) in [6.07, 6.45) is 0. The van der Waals surface area contributed by atoms with Gasteiger partial charge in [0.2, 0.25) is 0 Å². The van der Waals surface area contributed by atoms with Crippen LogP contribution in [-0.4, -0.2) is 23.7 Å². The average molecular weight is 1170 g/mol. The molecule has 0 aliphatic heterocycles. The van der Waals surface area contributed by atoms with E-state index in [1.165, 1.54) is 120 Å². The minimum absolute atomic E-state index is 0.665. The molecular formula is C80H45N5S3. The van der Waals surface area contributed by atoms with E-state index in [9.17, 15) is 0 Å². The van der Waals surface area contributed by atoms with E-state index in [-0.39, 0.29) is 0 Å². The smallest absolute Gasteiger partial charge is 0.160 e. The van der Waals surface area contributed by atoms with E-state index in [4.69, 9.17) is 9.97 Å². The van der Waals surface area contributed by atoms with Gasteiger partial charge in [-0.3, -0.25) is 0 Å². The lowest BCUT2D eigenvalue weighted by Gasteiger charge is -2.15. The van der Waals surface area contributed by atoms with Crippen LogP contribution >= 0.6 is 34.0 Å². The third-order valence-electron chi connectivity index (χ3n) is 18.4. The fourth-order valence-corrected chi connectivity index (χ4v) is 18.0. The highest BCUT2D eigenvalue weighted by Crippen LogP contribution is 2.48. The minimum Gasteiger partial charge on any atom is -0.309 e. The predicted molar refractivity (Wildman–Crippen MR) is 378 cm³/mol. The lowest BCUT2D eigenvalue weighted by molar-refractivity contribution is 1.17. The van der Waals surface area contributed by atoms with Crippen molar-refractivity contribution < 1.29 is 0 Å². The van der Waals surface area contributed by atoms with Crippen LogP contribution in [0, 0.1) is 0 Å². The van der Waals surface area contributed by atoms with Crippen LogP contribution in [0.1, 0.15) is 0 Å². The number of benzene rings is 13. The highest BCUT2D eigenvalue weighted by Gasteiger charge is 2.24. The van der Waals surface area contributed by atoms with E-state index in [0.717, 1.165) is 61.4 Å². The van der Waals surface area contributed by atoms with E-state index < -0.39 is 0 Å². The summed E-state index contributed by atoms with van der Waals surface area (Å²) in [5.74, 6) is 0.665. The highest BCUT2D eigenvalue weighted by atomic mass is 32.1. The number of hydrogen-bond acceptors (Lipinski definition) is 5. The van der Waals surface area contributed by atoms with Gasteiger partial charge in [0.05, 0.1) is 44.3 Å². The van der Waals surface area contributed by atoms with Crippen molar-refractivity contribution in [2.45, 2.75) is 0 Å². The van der Waals surface area contributed by atoms with Gasteiger partial charge in [-0.1, -0.05) is 170 Å². The van der Waals surface area contributed by atoms with Gasteiger partial charge >= 0.3 is 0 Å². The second-order valence-corrected chi connectivity index (χ2v) is 26.4. The fourth-order valence-electron chi connectivity index (χ4n) is 14.7. The molecule has 0 N–H and O–H groups in total. The molecule has 0 fully saturated rings. The van der Waals surface area contributed by atoms with Crippen LogP contribution in [-0.2, 0) is 0 Å². The first-order chi connectivity index (χ1) is 43.6. The molecule has 0 aliphatic rings. The highest BCUT2D eigenvalue weighted by molar-refractivity contribution is 7.26. The number of hydrogen-bond donors (Lipinski definition) is 0. The van der Waals surface area contributed by atoms with Crippen molar-refractivity contribution in [3.05, 3.63) is 273 Å². The van der Waals surface area contributed by atoms with Crippen molar-refractivity contribution >= 4 is 171 Å². The third-order valence-corrected chi connectivity index (χ3v) is 21.8. The monoisotopic (exact) mass is 1170 g/mol. The Morgan fingerprint density at radius 2 is 0.614 bits per heavy atom. The minimum atomic E-state index is 0.665. The summed E-state index contributed by atoms with van der Waals surface area (Å²) in [5, 5.41) is 16.1. The Balaban J connectivity index is 0.810. The molecule has 0 radical (unpaired) electrons. The summed E-state index contributed by atoms with van der Waals surface area (Å²) in [5.41, 5.74) is 16.3.